The lowest BCUT2D eigenvalue weighted by atomic mass is 9.78. The van der Waals surface area contributed by atoms with Gasteiger partial charge in [0, 0.05) is 6.04 Å². The average molecular weight is 186 g/mol. The van der Waals surface area contributed by atoms with Crippen LogP contribution >= 0.6 is 0 Å². The van der Waals surface area contributed by atoms with Gasteiger partial charge in [0.1, 0.15) is 6.17 Å². The predicted molar refractivity (Wildman–Crippen MR) is 51.2 cm³/mol. The summed E-state index contributed by atoms with van der Waals surface area (Å²) in [6.45, 7) is 1.83. The number of nitrogens with two attached hydrogens (primary N) is 1. The number of fused-ring (bicyclic) bond motifs is 1. The van der Waals surface area contributed by atoms with Crippen molar-refractivity contribution in [1.29, 1.82) is 0 Å². The lowest BCUT2D eigenvalue weighted by Gasteiger charge is -2.30. The highest BCUT2D eigenvalue weighted by atomic mass is 19.1. The van der Waals surface area contributed by atoms with E-state index < -0.39 is 6.17 Å². The molecule has 4 atom stereocenters. The molecule has 3 N–H and O–H groups in total. The normalized spacial score (nSPS) is 44.8. The van der Waals surface area contributed by atoms with E-state index in [1.165, 1.54) is 0 Å². The van der Waals surface area contributed by atoms with Crippen molar-refractivity contribution in [2.45, 2.75) is 37.9 Å². The Hall–Kier alpha value is -0.150. The SMILES string of the molecule is NCCC1CNC2CC(F)CCC12. The fourth-order valence-electron chi connectivity index (χ4n) is 2.93. The molecule has 2 nitrogen and oxygen atoms in total. The standard InChI is InChI=1S/C10H19FN2/c11-8-1-2-9-7(3-4-12)6-13-10(9)5-8/h7-10,13H,1-6,12H2. The van der Waals surface area contributed by atoms with Crippen LogP contribution < -0.4 is 11.1 Å². The summed E-state index contributed by atoms with van der Waals surface area (Å²) in [5, 5.41) is 3.43. The lowest BCUT2D eigenvalue weighted by Crippen LogP contribution is -2.35. The highest BCUT2D eigenvalue weighted by Gasteiger charge is 2.39. The summed E-state index contributed by atoms with van der Waals surface area (Å²) in [5.41, 5.74) is 5.56. The van der Waals surface area contributed by atoms with E-state index in [2.05, 4.69) is 5.32 Å². The predicted octanol–water partition coefficient (Wildman–Crippen LogP) is 1.06. The molecule has 0 aromatic carbocycles. The van der Waals surface area contributed by atoms with Crippen LogP contribution in [0.2, 0.25) is 0 Å². The number of hydrogen-bond acceptors (Lipinski definition) is 2. The Bertz CT molecular complexity index is 168. The van der Waals surface area contributed by atoms with Gasteiger partial charge < -0.3 is 11.1 Å². The van der Waals surface area contributed by atoms with Gasteiger partial charge in [-0.25, -0.2) is 4.39 Å². The van der Waals surface area contributed by atoms with E-state index in [0.717, 1.165) is 38.8 Å². The summed E-state index contributed by atoms with van der Waals surface area (Å²) < 4.78 is 13.1. The zero-order valence-corrected chi connectivity index (χ0v) is 8.01. The second-order valence-corrected chi connectivity index (χ2v) is 4.43. The quantitative estimate of drug-likeness (QED) is 0.677. The third-order valence-electron chi connectivity index (χ3n) is 3.62. The number of alkyl halides is 1. The van der Waals surface area contributed by atoms with Gasteiger partial charge in [0.25, 0.3) is 0 Å². The van der Waals surface area contributed by atoms with E-state index in [4.69, 9.17) is 5.73 Å². The molecule has 1 aliphatic heterocycles. The highest BCUT2D eigenvalue weighted by Crippen LogP contribution is 2.36. The first-order valence-corrected chi connectivity index (χ1v) is 5.38. The van der Waals surface area contributed by atoms with Crippen LogP contribution in [0.4, 0.5) is 4.39 Å². The molecule has 76 valence electrons. The van der Waals surface area contributed by atoms with E-state index in [0.29, 0.717) is 17.9 Å². The van der Waals surface area contributed by atoms with Gasteiger partial charge in [0.15, 0.2) is 0 Å². The van der Waals surface area contributed by atoms with Gasteiger partial charge in [-0.2, -0.15) is 0 Å². The Morgan fingerprint density at radius 1 is 1.38 bits per heavy atom. The van der Waals surface area contributed by atoms with Crippen molar-refractivity contribution in [1.82, 2.24) is 5.32 Å². The summed E-state index contributed by atoms with van der Waals surface area (Å²) in [6, 6.07) is 0.445. The van der Waals surface area contributed by atoms with Crippen molar-refractivity contribution >= 4 is 0 Å². The fourth-order valence-corrected chi connectivity index (χ4v) is 2.93. The minimum atomic E-state index is -0.564. The van der Waals surface area contributed by atoms with Crippen LogP contribution in [0.25, 0.3) is 0 Å². The topological polar surface area (TPSA) is 38.0 Å². The molecule has 1 heterocycles. The molecule has 2 aliphatic rings. The summed E-state index contributed by atoms with van der Waals surface area (Å²) in [7, 11) is 0. The van der Waals surface area contributed by atoms with Gasteiger partial charge in [-0.1, -0.05) is 0 Å². The van der Waals surface area contributed by atoms with Crippen molar-refractivity contribution in [2.75, 3.05) is 13.1 Å². The molecule has 0 spiro atoms. The van der Waals surface area contributed by atoms with Crippen LogP contribution in [-0.4, -0.2) is 25.3 Å². The molecule has 13 heavy (non-hydrogen) atoms. The molecule has 1 saturated carbocycles. The molecule has 0 bridgehead atoms. The first kappa shape index (κ1) is 9.41. The zero-order chi connectivity index (χ0) is 9.26. The molecular weight excluding hydrogens is 167 g/mol. The average Bonchev–Trinajstić information content (AvgIpc) is 2.49. The highest BCUT2D eigenvalue weighted by molar-refractivity contribution is 4.94. The molecule has 1 saturated heterocycles. The summed E-state index contributed by atoms with van der Waals surface area (Å²) >= 11 is 0. The van der Waals surface area contributed by atoms with Crippen molar-refractivity contribution < 1.29 is 4.39 Å². The number of halogens is 1. The number of rotatable bonds is 2. The Labute approximate surface area is 79.1 Å². The maximum Gasteiger partial charge on any atom is 0.102 e. The van der Waals surface area contributed by atoms with E-state index in [1.54, 1.807) is 0 Å². The third kappa shape index (κ3) is 1.86. The summed E-state index contributed by atoms with van der Waals surface area (Å²) in [6.07, 6.45) is 3.09. The van der Waals surface area contributed by atoms with E-state index in [-0.39, 0.29) is 0 Å². The molecule has 3 heteroatoms. The van der Waals surface area contributed by atoms with Gasteiger partial charge in [0.2, 0.25) is 0 Å². The molecule has 0 aromatic heterocycles. The summed E-state index contributed by atoms with van der Waals surface area (Å²) in [5.74, 6) is 1.41. The number of hydrogen-bond donors (Lipinski definition) is 2. The van der Waals surface area contributed by atoms with Gasteiger partial charge in [0.05, 0.1) is 0 Å². The first-order chi connectivity index (χ1) is 6.31. The molecule has 0 amide bonds. The third-order valence-corrected chi connectivity index (χ3v) is 3.62. The van der Waals surface area contributed by atoms with Gasteiger partial charge in [-0.3, -0.25) is 0 Å². The molecule has 2 rings (SSSR count). The van der Waals surface area contributed by atoms with Crippen LogP contribution in [0.15, 0.2) is 0 Å². The summed E-state index contributed by atoms with van der Waals surface area (Å²) in [4.78, 5) is 0. The Morgan fingerprint density at radius 3 is 3.00 bits per heavy atom. The molecule has 0 aromatic rings. The van der Waals surface area contributed by atoms with Crippen molar-refractivity contribution in [3.63, 3.8) is 0 Å². The second kappa shape index (κ2) is 3.93. The van der Waals surface area contributed by atoms with Crippen LogP contribution in [0.3, 0.4) is 0 Å². The van der Waals surface area contributed by atoms with Gasteiger partial charge in [-0.15, -0.1) is 0 Å². The molecule has 0 radical (unpaired) electrons. The molecule has 1 aliphatic carbocycles. The van der Waals surface area contributed by atoms with Crippen LogP contribution in [-0.2, 0) is 0 Å². The van der Waals surface area contributed by atoms with Crippen LogP contribution in [0.5, 0.6) is 0 Å². The minimum absolute atomic E-state index is 0.445. The minimum Gasteiger partial charge on any atom is -0.330 e. The van der Waals surface area contributed by atoms with Crippen molar-refractivity contribution in [3.05, 3.63) is 0 Å². The first-order valence-electron chi connectivity index (χ1n) is 5.38. The zero-order valence-electron chi connectivity index (χ0n) is 8.01. The number of nitrogens with one attached hydrogen (secondary N) is 1. The lowest BCUT2D eigenvalue weighted by molar-refractivity contribution is 0.168. The maximum atomic E-state index is 13.1. The van der Waals surface area contributed by atoms with Gasteiger partial charge >= 0.3 is 0 Å². The molecular formula is C10H19FN2. The molecule has 2 fully saturated rings. The molecule has 4 unspecified atom stereocenters. The van der Waals surface area contributed by atoms with E-state index in [9.17, 15) is 4.39 Å². The smallest absolute Gasteiger partial charge is 0.102 e. The van der Waals surface area contributed by atoms with Crippen molar-refractivity contribution in [3.8, 4) is 0 Å². The largest absolute Gasteiger partial charge is 0.330 e. The van der Waals surface area contributed by atoms with E-state index in [1.807, 2.05) is 0 Å². The van der Waals surface area contributed by atoms with Crippen molar-refractivity contribution in [2.24, 2.45) is 17.6 Å². The van der Waals surface area contributed by atoms with Gasteiger partial charge in [-0.05, 0) is 50.6 Å². The Balaban J connectivity index is 1.92. The van der Waals surface area contributed by atoms with Crippen LogP contribution in [0, 0.1) is 11.8 Å². The maximum absolute atomic E-state index is 13.1. The Morgan fingerprint density at radius 2 is 2.23 bits per heavy atom. The fraction of sp³-hybridized carbons (Fsp3) is 1.00. The monoisotopic (exact) mass is 186 g/mol. The Kier molecular flexibility index (Phi) is 2.84. The van der Waals surface area contributed by atoms with Crippen LogP contribution in [0.1, 0.15) is 25.7 Å². The van der Waals surface area contributed by atoms with E-state index >= 15 is 0 Å². The second-order valence-electron chi connectivity index (χ2n) is 4.43.